The van der Waals surface area contributed by atoms with Crippen molar-refractivity contribution in [2.75, 3.05) is 0 Å². The Morgan fingerprint density at radius 3 is 2.00 bits per heavy atom. The molecular formula is C16H19ClO5. The molecule has 5 nitrogen and oxygen atoms in total. The number of rotatable bonds is 5. The summed E-state index contributed by atoms with van der Waals surface area (Å²) in [7, 11) is 0. The number of carbonyl (C=O) groups is 1. The minimum atomic E-state index is -1.06. The van der Waals surface area contributed by atoms with Gasteiger partial charge in [0.15, 0.2) is 0 Å². The first kappa shape index (κ1) is 15.9. The molecule has 0 saturated carbocycles. The fraction of sp³-hybridized carbons (Fsp3) is 0.562. The molecule has 0 radical (unpaired) electrons. The molecule has 2 fully saturated rings. The lowest BCUT2D eigenvalue weighted by atomic mass is 9.67. The monoisotopic (exact) mass is 326 g/mol. The Balaban J connectivity index is 1.97. The summed E-state index contributed by atoms with van der Waals surface area (Å²) in [6, 6.07) is 7.56. The Labute approximate surface area is 134 Å². The molecule has 0 amide bonds. The lowest BCUT2D eigenvalue weighted by molar-refractivity contribution is -0.583. The van der Waals surface area contributed by atoms with E-state index in [4.69, 9.17) is 31.2 Å². The third-order valence-electron chi connectivity index (χ3n) is 4.78. The highest BCUT2D eigenvalue weighted by atomic mass is 35.5. The van der Waals surface area contributed by atoms with E-state index in [-0.39, 0.29) is 5.78 Å². The van der Waals surface area contributed by atoms with Crippen LogP contribution in [0.25, 0.3) is 0 Å². The van der Waals surface area contributed by atoms with E-state index in [2.05, 4.69) is 0 Å². The molecule has 2 aliphatic rings. The van der Waals surface area contributed by atoms with Crippen molar-refractivity contribution in [2.24, 2.45) is 5.41 Å². The second-order valence-corrected chi connectivity index (χ2v) is 6.75. The summed E-state index contributed by atoms with van der Waals surface area (Å²) in [6.45, 7) is 5.13. The predicted octanol–water partition coefficient (Wildman–Crippen LogP) is 3.59. The summed E-state index contributed by atoms with van der Waals surface area (Å²) < 4.78 is 0. The molecule has 2 aliphatic heterocycles. The largest absolute Gasteiger partial charge is 0.300 e. The SMILES string of the molecule is CC(=O)CCC1(Cc2ccc(Cl)cc2)C2(C)OOC1(C)OO2. The van der Waals surface area contributed by atoms with Crippen molar-refractivity contribution in [3.63, 3.8) is 0 Å². The highest BCUT2D eigenvalue weighted by Crippen LogP contribution is 2.62. The van der Waals surface area contributed by atoms with Gasteiger partial charge in [-0.05, 0) is 51.3 Å². The van der Waals surface area contributed by atoms with Gasteiger partial charge in [0.1, 0.15) is 5.78 Å². The van der Waals surface area contributed by atoms with Crippen molar-refractivity contribution < 1.29 is 24.3 Å². The summed E-state index contributed by atoms with van der Waals surface area (Å²) in [6.07, 6.45) is 1.53. The van der Waals surface area contributed by atoms with Gasteiger partial charge < -0.3 is 4.79 Å². The van der Waals surface area contributed by atoms with Crippen LogP contribution in [0.1, 0.15) is 39.2 Å². The smallest absolute Gasteiger partial charge is 0.242 e. The second kappa shape index (κ2) is 5.28. The molecule has 3 rings (SSSR count). The number of hydrogen-bond acceptors (Lipinski definition) is 5. The Kier molecular flexibility index (Phi) is 3.82. The van der Waals surface area contributed by atoms with E-state index < -0.39 is 17.0 Å². The molecule has 6 heteroatoms. The van der Waals surface area contributed by atoms with Crippen molar-refractivity contribution in [3.8, 4) is 0 Å². The van der Waals surface area contributed by atoms with Gasteiger partial charge in [-0.3, -0.25) is 0 Å². The average Bonchev–Trinajstić information content (AvgIpc) is 2.81. The van der Waals surface area contributed by atoms with E-state index in [1.54, 1.807) is 20.8 Å². The van der Waals surface area contributed by atoms with Crippen LogP contribution >= 0.6 is 11.6 Å². The summed E-state index contributed by atoms with van der Waals surface area (Å²) in [5, 5.41) is 0.674. The van der Waals surface area contributed by atoms with E-state index in [9.17, 15) is 4.79 Å². The van der Waals surface area contributed by atoms with Gasteiger partial charge in [-0.1, -0.05) is 23.7 Å². The molecule has 0 aliphatic carbocycles. The van der Waals surface area contributed by atoms with Crippen LogP contribution in [0.4, 0.5) is 0 Å². The molecule has 120 valence electrons. The lowest BCUT2D eigenvalue weighted by Crippen LogP contribution is -2.49. The van der Waals surface area contributed by atoms with Crippen LogP contribution in [0.2, 0.25) is 5.02 Å². The highest BCUT2D eigenvalue weighted by Gasteiger charge is 2.76. The minimum absolute atomic E-state index is 0.106. The summed E-state index contributed by atoms with van der Waals surface area (Å²) in [5.74, 6) is -2.01. The number of Topliss-reactive ketones (excluding diaryl/α,β-unsaturated/α-hetero) is 1. The Bertz CT molecular complexity index is 557. The van der Waals surface area contributed by atoms with Gasteiger partial charge in [0.2, 0.25) is 11.6 Å². The second-order valence-electron chi connectivity index (χ2n) is 6.31. The Hall–Kier alpha value is -0.980. The fourth-order valence-corrected chi connectivity index (χ4v) is 3.41. The van der Waals surface area contributed by atoms with E-state index >= 15 is 0 Å². The van der Waals surface area contributed by atoms with Crippen LogP contribution < -0.4 is 0 Å². The lowest BCUT2D eigenvalue weighted by Gasteiger charge is -2.35. The fourth-order valence-electron chi connectivity index (χ4n) is 3.28. The number of fused-ring (bicyclic) bond motifs is 2. The molecule has 0 spiro atoms. The van der Waals surface area contributed by atoms with Crippen molar-refractivity contribution >= 4 is 17.4 Å². The molecule has 0 atom stereocenters. The summed E-state index contributed by atoms with van der Waals surface area (Å²) >= 11 is 5.95. The molecule has 22 heavy (non-hydrogen) atoms. The van der Waals surface area contributed by atoms with Gasteiger partial charge in [-0.2, -0.15) is 19.6 Å². The van der Waals surface area contributed by atoms with Crippen molar-refractivity contribution in [2.45, 2.75) is 51.6 Å². The average molecular weight is 327 g/mol. The number of ketones is 1. The zero-order valence-corrected chi connectivity index (χ0v) is 13.6. The molecule has 1 aromatic carbocycles. The molecule has 0 unspecified atom stereocenters. The van der Waals surface area contributed by atoms with Gasteiger partial charge in [-0.15, -0.1) is 0 Å². The number of carbonyl (C=O) groups excluding carboxylic acids is 1. The zero-order chi connectivity index (χ0) is 16.0. The Morgan fingerprint density at radius 1 is 1.05 bits per heavy atom. The summed E-state index contributed by atoms with van der Waals surface area (Å²) in [4.78, 5) is 33.1. The molecule has 0 aromatic heterocycles. The maximum atomic E-state index is 11.5. The molecule has 2 bridgehead atoms. The molecule has 2 heterocycles. The van der Waals surface area contributed by atoms with Gasteiger partial charge in [-0.25, -0.2) is 0 Å². The van der Waals surface area contributed by atoms with Crippen LogP contribution in [0.15, 0.2) is 24.3 Å². The van der Waals surface area contributed by atoms with Gasteiger partial charge in [0.25, 0.3) is 0 Å². The van der Waals surface area contributed by atoms with E-state index in [1.165, 1.54) is 0 Å². The predicted molar refractivity (Wildman–Crippen MR) is 78.7 cm³/mol. The third kappa shape index (κ3) is 2.28. The summed E-state index contributed by atoms with van der Waals surface area (Å²) in [5.41, 5.74) is 0.424. The zero-order valence-electron chi connectivity index (χ0n) is 12.8. The number of halogens is 1. The van der Waals surface area contributed by atoms with Gasteiger partial charge in [0, 0.05) is 11.4 Å². The Morgan fingerprint density at radius 2 is 1.55 bits per heavy atom. The number of hydrogen-bond donors (Lipinski definition) is 0. The van der Waals surface area contributed by atoms with Crippen LogP contribution in [0.3, 0.4) is 0 Å². The molecule has 0 N–H and O–H groups in total. The maximum absolute atomic E-state index is 11.5. The molecule has 1 aromatic rings. The van der Waals surface area contributed by atoms with Gasteiger partial charge in [0.05, 0.1) is 5.41 Å². The highest BCUT2D eigenvalue weighted by molar-refractivity contribution is 6.30. The van der Waals surface area contributed by atoms with E-state index in [0.717, 1.165) is 5.56 Å². The van der Waals surface area contributed by atoms with E-state index in [1.807, 2.05) is 24.3 Å². The first-order chi connectivity index (χ1) is 10.3. The normalized spacial score (nSPS) is 36.7. The standard InChI is InChI=1S/C16H19ClO5/c1-11(18)8-9-16(10-12-4-6-13(17)7-5-12)14(2)19-21-15(16,3)22-20-14/h4-7H,8-10H2,1-3H3. The quantitative estimate of drug-likeness (QED) is 0.774. The van der Waals surface area contributed by atoms with Crippen LogP contribution in [0.5, 0.6) is 0 Å². The molecule has 2 saturated heterocycles. The number of benzene rings is 1. The van der Waals surface area contributed by atoms with Crippen LogP contribution in [0, 0.1) is 5.41 Å². The first-order valence-electron chi connectivity index (χ1n) is 7.28. The topological polar surface area (TPSA) is 54.0 Å². The van der Waals surface area contributed by atoms with Crippen LogP contribution in [-0.2, 0) is 30.8 Å². The minimum Gasteiger partial charge on any atom is -0.300 e. The van der Waals surface area contributed by atoms with Gasteiger partial charge >= 0.3 is 0 Å². The van der Waals surface area contributed by atoms with Crippen molar-refractivity contribution in [1.29, 1.82) is 0 Å². The third-order valence-corrected chi connectivity index (χ3v) is 5.03. The van der Waals surface area contributed by atoms with E-state index in [0.29, 0.717) is 24.3 Å². The first-order valence-corrected chi connectivity index (χ1v) is 7.66. The van der Waals surface area contributed by atoms with Crippen molar-refractivity contribution in [1.82, 2.24) is 0 Å². The molecular weight excluding hydrogens is 308 g/mol. The maximum Gasteiger partial charge on any atom is 0.242 e. The van der Waals surface area contributed by atoms with Crippen molar-refractivity contribution in [3.05, 3.63) is 34.9 Å². The van der Waals surface area contributed by atoms with Crippen LogP contribution in [-0.4, -0.2) is 17.4 Å².